The molecular formula is C16H18BrN3O2S. The van der Waals surface area contributed by atoms with Crippen molar-refractivity contribution in [2.45, 2.75) is 11.8 Å². The first-order chi connectivity index (χ1) is 10.8. The van der Waals surface area contributed by atoms with Crippen molar-refractivity contribution in [3.05, 3.63) is 58.1 Å². The van der Waals surface area contributed by atoms with Crippen LogP contribution in [0.15, 0.2) is 56.9 Å². The fourth-order valence-corrected chi connectivity index (χ4v) is 3.45. The molecule has 0 aliphatic rings. The maximum Gasteiger partial charge on any atom is 0.276 e. The Kier molecular flexibility index (Phi) is 5.43. The smallest absolute Gasteiger partial charge is 0.276 e. The number of hydrogen-bond donors (Lipinski definition) is 1. The quantitative estimate of drug-likeness (QED) is 0.624. The molecule has 0 spiro atoms. The molecule has 0 fully saturated rings. The van der Waals surface area contributed by atoms with Crippen molar-refractivity contribution in [1.82, 2.24) is 4.83 Å². The summed E-state index contributed by atoms with van der Waals surface area (Å²) in [6.07, 6.45) is 1.47. The van der Waals surface area contributed by atoms with E-state index < -0.39 is 10.0 Å². The fourth-order valence-electron chi connectivity index (χ4n) is 1.91. The van der Waals surface area contributed by atoms with Gasteiger partial charge in [0, 0.05) is 18.6 Å². The van der Waals surface area contributed by atoms with Gasteiger partial charge < -0.3 is 4.90 Å². The van der Waals surface area contributed by atoms with Gasteiger partial charge in [-0.2, -0.15) is 13.5 Å². The number of aryl methyl sites for hydroxylation is 1. The minimum atomic E-state index is -3.65. The molecule has 0 saturated heterocycles. The monoisotopic (exact) mass is 395 g/mol. The van der Waals surface area contributed by atoms with E-state index in [0.717, 1.165) is 21.3 Å². The number of hydrazone groups is 1. The van der Waals surface area contributed by atoms with Crippen LogP contribution in [0.1, 0.15) is 11.1 Å². The van der Waals surface area contributed by atoms with Crippen LogP contribution in [0.3, 0.4) is 0 Å². The van der Waals surface area contributed by atoms with E-state index in [-0.39, 0.29) is 4.90 Å². The van der Waals surface area contributed by atoms with Crippen LogP contribution in [0, 0.1) is 6.92 Å². The Hall–Kier alpha value is -1.86. The molecule has 7 heteroatoms. The molecule has 23 heavy (non-hydrogen) atoms. The number of halogens is 1. The number of hydrogen-bond acceptors (Lipinski definition) is 4. The molecule has 0 aliphatic carbocycles. The molecule has 0 aromatic heterocycles. The molecule has 122 valence electrons. The van der Waals surface area contributed by atoms with Gasteiger partial charge in [0.05, 0.1) is 16.8 Å². The van der Waals surface area contributed by atoms with Crippen LogP contribution in [-0.4, -0.2) is 28.7 Å². The zero-order valence-corrected chi connectivity index (χ0v) is 15.5. The first-order valence-corrected chi connectivity index (χ1v) is 9.15. The van der Waals surface area contributed by atoms with E-state index in [2.05, 4.69) is 25.9 Å². The zero-order chi connectivity index (χ0) is 17.0. The first-order valence-electron chi connectivity index (χ1n) is 6.88. The van der Waals surface area contributed by atoms with Crippen molar-refractivity contribution >= 4 is 37.9 Å². The highest BCUT2D eigenvalue weighted by Gasteiger charge is 2.11. The molecule has 2 rings (SSSR count). The van der Waals surface area contributed by atoms with Gasteiger partial charge in [-0.3, -0.25) is 0 Å². The second-order valence-corrected chi connectivity index (χ2v) is 7.79. The summed E-state index contributed by atoms with van der Waals surface area (Å²) in [5, 5.41) is 3.83. The lowest BCUT2D eigenvalue weighted by molar-refractivity contribution is 0.584. The van der Waals surface area contributed by atoms with Gasteiger partial charge in [-0.1, -0.05) is 23.8 Å². The second-order valence-electron chi connectivity index (χ2n) is 5.27. The molecular weight excluding hydrogens is 378 g/mol. The molecule has 0 radical (unpaired) electrons. The van der Waals surface area contributed by atoms with Crippen LogP contribution in [0.4, 0.5) is 5.69 Å². The predicted octanol–water partition coefficient (Wildman–Crippen LogP) is 3.14. The lowest BCUT2D eigenvalue weighted by Gasteiger charge is -2.14. The van der Waals surface area contributed by atoms with E-state index in [0.29, 0.717) is 0 Å². The van der Waals surface area contributed by atoms with Crippen LogP contribution >= 0.6 is 15.9 Å². The summed E-state index contributed by atoms with van der Waals surface area (Å²) in [5.74, 6) is 0. The predicted molar refractivity (Wildman–Crippen MR) is 97.6 cm³/mol. The number of rotatable bonds is 5. The highest BCUT2D eigenvalue weighted by atomic mass is 79.9. The molecule has 0 bridgehead atoms. The number of anilines is 1. The van der Waals surface area contributed by atoms with Gasteiger partial charge in [-0.15, -0.1) is 0 Å². The average molecular weight is 396 g/mol. The summed E-state index contributed by atoms with van der Waals surface area (Å²) in [6, 6.07) is 12.3. The molecule has 0 atom stereocenters. The fraction of sp³-hybridized carbons (Fsp3) is 0.188. The van der Waals surface area contributed by atoms with Gasteiger partial charge >= 0.3 is 0 Å². The Morgan fingerprint density at radius 3 is 2.35 bits per heavy atom. The summed E-state index contributed by atoms with van der Waals surface area (Å²) in [7, 11) is 0.249. The summed E-state index contributed by atoms with van der Waals surface area (Å²) in [6.45, 7) is 1.90. The molecule has 0 unspecified atom stereocenters. The first kappa shape index (κ1) is 17.5. The minimum absolute atomic E-state index is 0.185. The van der Waals surface area contributed by atoms with Crippen LogP contribution in [-0.2, 0) is 10.0 Å². The number of nitrogens with zero attached hydrogens (tertiary/aromatic N) is 2. The molecule has 2 aromatic carbocycles. The van der Waals surface area contributed by atoms with Gasteiger partial charge in [-0.25, -0.2) is 4.83 Å². The topological polar surface area (TPSA) is 61.8 Å². The Balaban J connectivity index is 2.12. The van der Waals surface area contributed by atoms with Crippen LogP contribution in [0.5, 0.6) is 0 Å². The highest BCUT2D eigenvalue weighted by molar-refractivity contribution is 9.10. The van der Waals surface area contributed by atoms with Crippen LogP contribution < -0.4 is 9.73 Å². The largest absolute Gasteiger partial charge is 0.377 e. The number of benzene rings is 2. The van der Waals surface area contributed by atoms with Gasteiger partial charge in [0.15, 0.2) is 0 Å². The van der Waals surface area contributed by atoms with Crippen LogP contribution in [0.25, 0.3) is 0 Å². The lowest BCUT2D eigenvalue weighted by atomic mass is 10.2. The molecule has 5 nitrogen and oxygen atoms in total. The van der Waals surface area contributed by atoms with E-state index in [1.807, 2.05) is 44.1 Å². The van der Waals surface area contributed by atoms with Gasteiger partial charge in [0.2, 0.25) is 0 Å². The summed E-state index contributed by atoms with van der Waals surface area (Å²) in [4.78, 5) is 4.38. The molecule has 0 amide bonds. The normalized spacial score (nSPS) is 11.7. The number of sulfonamides is 1. The van der Waals surface area contributed by atoms with Crippen molar-refractivity contribution in [2.75, 3.05) is 19.0 Å². The third-order valence-corrected chi connectivity index (χ3v) is 5.05. The minimum Gasteiger partial charge on any atom is -0.377 e. The van der Waals surface area contributed by atoms with Crippen molar-refractivity contribution in [1.29, 1.82) is 0 Å². The van der Waals surface area contributed by atoms with E-state index >= 15 is 0 Å². The summed E-state index contributed by atoms with van der Waals surface area (Å²) < 4.78 is 25.1. The summed E-state index contributed by atoms with van der Waals surface area (Å²) >= 11 is 3.48. The van der Waals surface area contributed by atoms with E-state index in [1.54, 1.807) is 24.3 Å². The van der Waals surface area contributed by atoms with E-state index in [9.17, 15) is 8.42 Å². The lowest BCUT2D eigenvalue weighted by Crippen LogP contribution is -2.18. The van der Waals surface area contributed by atoms with Crippen molar-refractivity contribution in [3.8, 4) is 0 Å². The van der Waals surface area contributed by atoms with Gasteiger partial charge in [0.25, 0.3) is 10.0 Å². The van der Waals surface area contributed by atoms with Gasteiger partial charge in [-0.05, 0) is 52.7 Å². The number of nitrogens with one attached hydrogen (secondary N) is 1. The molecule has 1 N–H and O–H groups in total. The van der Waals surface area contributed by atoms with Crippen molar-refractivity contribution in [3.63, 3.8) is 0 Å². The van der Waals surface area contributed by atoms with Crippen LogP contribution in [0.2, 0.25) is 0 Å². The molecule has 0 aliphatic heterocycles. The molecule has 0 heterocycles. The molecule has 0 saturated carbocycles. The third kappa shape index (κ3) is 4.56. The Labute approximate surface area is 145 Å². The Bertz CT molecular complexity index is 816. The van der Waals surface area contributed by atoms with Crippen molar-refractivity contribution < 1.29 is 8.42 Å². The Morgan fingerprint density at radius 2 is 1.78 bits per heavy atom. The van der Waals surface area contributed by atoms with E-state index in [4.69, 9.17) is 0 Å². The third-order valence-electron chi connectivity index (χ3n) is 3.17. The second kappa shape index (κ2) is 7.14. The summed E-state index contributed by atoms with van der Waals surface area (Å²) in [5.41, 5.74) is 2.81. The highest BCUT2D eigenvalue weighted by Crippen LogP contribution is 2.25. The SMILES string of the molecule is Cc1ccc(S(=O)(=O)NN=Cc2ccc(N(C)C)c(Br)c2)cc1. The molecule has 2 aromatic rings. The van der Waals surface area contributed by atoms with E-state index in [1.165, 1.54) is 6.21 Å². The maximum atomic E-state index is 12.1. The Morgan fingerprint density at radius 1 is 1.13 bits per heavy atom. The standard InChI is InChI=1S/C16H18BrN3O2S/c1-12-4-7-14(8-5-12)23(21,22)19-18-11-13-6-9-16(20(2)3)15(17)10-13/h4-11,19H,1-3H3. The van der Waals surface area contributed by atoms with Gasteiger partial charge in [0.1, 0.15) is 0 Å². The van der Waals surface area contributed by atoms with Crippen molar-refractivity contribution in [2.24, 2.45) is 5.10 Å². The average Bonchev–Trinajstić information content (AvgIpc) is 2.47. The zero-order valence-electron chi connectivity index (χ0n) is 13.1. The maximum absolute atomic E-state index is 12.1.